The van der Waals surface area contributed by atoms with Gasteiger partial charge in [-0.1, -0.05) is 26.0 Å². The third kappa shape index (κ3) is 3.49. The van der Waals surface area contributed by atoms with E-state index in [9.17, 15) is 0 Å². The Bertz CT molecular complexity index is 381. The smallest absolute Gasteiger partial charge is 0.123 e. The normalized spacial score (nSPS) is 20.1. The standard InChI is InChI=1S/C16H25NO/c1-12(2)15-7-6-13(3)9-16(15)18-11-14-5-4-8-17-10-14/h6-7,9,12,14,17H,4-5,8,10-11H2,1-3H3/t14-/m1/s1. The highest BCUT2D eigenvalue weighted by atomic mass is 16.5. The van der Waals surface area contributed by atoms with Gasteiger partial charge in [0.2, 0.25) is 0 Å². The molecule has 1 aliphatic heterocycles. The van der Waals surface area contributed by atoms with E-state index in [1.165, 1.54) is 24.0 Å². The first-order valence-electron chi connectivity index (χ1n) is 7.11. The molecule has 0 amide bonds. The van der Waals surface area contributed by atoms with Crippen LogP contribution in [0.4, 0.5) is 0 Å². The minimum absolute atomic E-state index is 0.519. The van der Waals surface area contributed by atoms with Crippen molar-refractivity contribution in [1.82, 2.24) is 5.32 Å². The first kappa shape index (κ1) is 13.4. The van der Waals surface area contributed by atoms with Crippen molar-refractivity contribution >= 4 is 0 Å². The Morgan fingerprint density at radius 1 is 1.39 bits per heavy atom. The zero-order valence-electron chi connectivity index (χ0n) is 11.8. The first-order valence-corrected chi connectivity index (χ1v) is 7.11. The van der Waals surface area contributed by atoms with Crippen LogP contribution in [0.3, 0.4) is 0 Å². The molecule has 1 heterocycles. The highest BCUT2D eigenvalue weighted by molar-refractivity contribution is 5.39. The summed E-state index contributed by atoms with van der Waals surface area (Å²) in [5, 5.41) is 3.44. The van der Waals surface area contributed by atoms with Gasteiger partial charge >= 0.3 is 0 Å². The van der Waals surface area contributed by atoms with Crippen LogP contribution in [0, 0.1) is 12.8 Å². The van der Waals surface area contributed by atoms with Crippen molar-refractivity contribution in [3.8, 4) is 5.75 Å². The lowest BCUT2D eigenvalue weighted by atomic mass is 9.99. The molecule has 2 nitrogen and oxygen atoms in total. The zero-order valence-corrected chi connectivity index (χ0v) is 11.8. The molecule has 2 heteroatoms. The van der Waals surface area contributed by atoms with Crippen LogP contribution in [0.25, 0.3) is 0 Å². The number of benzene rings is 1. The highest BCUT2D eigenvalue weighted by Gasteiger charge is 2.15. The Hall–Kier alpha value is -1.02. The number of hydrogen-bond donors (Lipinski definition) is 1. The van der Waals surface area contributed by atoms with Gasteiger partial charge in [-0.15, -0.1) is 0 Å². The van der Waals surface area contributed by atoms with Gasteiger partial charge in [0.25, 0.3) is 0 Å². The number of aryl methyl sites for hydroxylation is 1. The number of piperidine rings is 1. The molecule has 100 valence electrons. The zero-order chi connectivity index (χ0) is 13.0. The maximum atomic E-state index is 6.08. The van der Waals surface area contributed by atoms with Crippen LogP contribution in [0.5, 0.6) is 5.75 Å². The van der Waals surface area contributed by atoms with Crippen LogP contribution in [-0.4, -0.2) is 19.7 Å². The van der Waals surface area contributed by atoms with Gasteiger partial charge in [0.05, 0.1) is 6.61 Å². The Kier molecular flexibility index (Phi) is 4.65. The van der Waals surface area contributed by atoms with E-state index >= 15 is 0 Å². The summed E-state index contributed by atoms with van der Waals surface area (Å²) in [6.45, 7) is 9.68. The molecule has 0 aliphatic carbocycles. The second kappa shape index (κ2) is 6.24. The fourth-order valence-electron chi connectivity index (χ4n) is 2.52. The molecule has 0 unspecified atom stereocenters. The molecule has 0 aromatic heterocycles. The van der Waals surface area contributed by atoms with Crippen LogP contribution in [0.1, 0.15) is 43.7 Å². The molecule has 1 atom stereocenters. The van der Waals surface area contributed by atoms with Crippen molar-refractivity contribution in [2.45, 2.75) is 39.5 Å². The summed E-state index contributed by atoms with van der Waals surface area (Å²) in [5.74, 6) is 2.26. The second-order valence-electron chi connectivity index (χ2n) is 5.72. The SMILES string of the molecule is Cc1ccc(C(C)C)c(OC[C@@H]2CCCNC2)c1. The fraction of sp³-hybridized carbons (Fsp3) is 0.625. The van der Waals surface area contributed by atoms with Gasteiger partial charge in [-0.05, 0) is 49.4 Å². The number of nitrogens with one attached hydrogen (secondary N) is 1. The topological polar surface area (TPSA) is 21.3 Å². The van der Waals surface area contributed by atoms with E-state index in [-0.39, 0.29) is 0 Å². The van der Waals surface area contributed by atoms with Gasteiger partial charge in [0.15, 0.2) is 0 Å². The fourth-order valence-corrected chi connectivity index (χ4v) is 2.52. The van der Waals surface area contributed by atoms with E-state index in [0.717, 1.165) is 25.4 Å². The van der Waals surface area contributed by atoms with Gasteiger partial charge in [0, 0.05) is 12.5 Å². The van der Waals surface area contributed by atoms with Crippen molar-refractivity contribution in [1.29, 1.82) is 0 Å². The predicted octanol–water partition coefficient (Wildman–Crippen LogP) is 3.50. The van der Waals surface area contributed by atoms with Crippen molar-refractivity contribution in [3.63, 3.8) is 0 Å². The minimum atomic E-state index is 0.519. The molecule has 2 rings (SSSR count). The number of ether oxygens (including phenoxy) is 1. The van der Waals surface area contributed by atoms with Gasteiger partial charge in [-0.25, -0.2) is 0 Å². The molecule has 1 aliphatic rings. The van der Waals surface area contributed by atoms with Crippen LogP contribution in [0.15, 0.2) is 18.2 Å². The van der Waals surface area contributed by atoms with E-state index in [1.807, 2.05) is 0 Å². The molecule has 0 spiro atoms. The predicted molar refractivity (Wildman–Crippen MR) is 76.4 cm³/mol. The van der Waals surface area contributed by atoms with E-state index in [1.54, 1.807) is 0 Å². The average Bonchev–Trinajstić information content (AvgIpc) is 2.37. The Morgan fingerprint density at radius 2 is 2.22 bits per heavy atom. The van der Waals surface area contributed by atoms with Crippen LogP contribution >= 0.6 is 0 Å². The third-order valence-corrected chi connectivity index (χ3v) is 3.66. The van der Waals surface area contributed by atoms with Crippen LogP contribution in [-0.2, 0) is 0 Å². The van der Waals surface area contributed by atoms with Crippen molar-refractivity contribution in [2.75, 3.05) is 19.7 Å². The minimum Gasteiger partial charge on any atom is -0.493 e. The molecule has 0 saturated carbocycles. The lowest BCUT2D eigenvalue weighted by molar-refractivity contribution is 0.216. The molecule has 1 aromatic carbocycles. The van der Waals surface area contributed by atoms with Gasteiger partial charge < -0.3 is 10.1 Å². The van der Waals surface area contributed by atoms with Gasteiger partial charge in [0.1, 0.15) is 5.75 Å². The second-order valence-corrected chi connectivity index (χ2v) is 5.72. The largest absolute Gasteiger partial charge is 0.493 e. The summed E-state index contributed by atoms with van der Waals surface area (Å²) >= 11 is 0. The van der Waals surface area contributed by atoms with Gasteiger partial charge in [-0.2, -0.15) is 0 Å². The maximum Gasteiger partial charge on any atom is 0.123 e. The van der Waals surface area contributed by atoms with Crippen molar-refractivity contribution in [2.24, 2.45) is 5.92 Å². The average molecular weight is 247 g/mol. The molecule has 1 fully saturated rings. The van der Waals surface area contributed by atoms with Crippen molar-refractivity contribution < 1.29 is 4.74 Å². The molecule has 0 bridgehead atoms. The monoisotopic (exact) mass is 247 g/mol. The summed E-state index contributed by atoms with van der Waals surface area (Å²) in [4.78, 5) is 0. The molecule has 0 radical (unpaired) electrons. The first-order chi connectivity index (χ1) is 8.66. The van der Waals surface area contributed by atoms with Crippen LogP contribution in [0.2, 0.25) is 0 Å². The summed E-state index contributed by atoms with van der Waals surface area (Å²) in [5.41, 5.74) is 2.60. The van der Waals surface area contributed by atoms with E-state index in [0.29, 0.717) is 11.8 Å². The van der Waals surface area contributed by atoms with E-state index < -0.39 is 0 Å². The Balaban J connectivity index is 2.00. The third-order valence-electron chi connectivity index (χ3n) is 3.66. The van der Waals surface area contributed by atoms with Crippen molar-refractivity contribution in [3.05, 3.63) is 29.3 Å². The molecular formula is C16H25NO. The molecule has 1 saturated heterocycles. The molecular weight excluding hydrogens is 222 g/mol. The maximum absolute atomic E-state index is 6.08. The van der Waals surface area contributed by atoms with Crippen LogP contribution < -0.4 is 10.1 Å². The lowest BCUT2D eigenvalue weighted by Crippen LogP contribution is -2.33. The summed E-state index contributed by atoms with van der Waals surface area (Å²) in [7, 11) is 0. The molecule has 1 N–H and O–H groups in total. The number of rotatable bonds is 4. The van der Waals surface area contributed by atoms with Gasteiger partial charge in [-0.3, -0.25) is 0 Å². The summed E-state index contributed by atoms with van der Waals surface area (Å²) < 4.78 is 6.08. The Morgan fingerprint density at radius 3 is 2.89 bits per heavy atom. The van der Waals surface area contributed by atoms with E-state index in [4.69, 9.17) is 4.74 Å². The summed E-state index contributed by atoms with van der Waals surface area (Å²) in [6.07, 6.45) is 2.56. The molecule has 1 aromatic rings. The molecule has 18 heavy (non-hydrogen) atoms. The lowest BCUT2D eigenvalue weighted by Gasteiger charge is -2.24. The highest BCUT2D eigenvalue weighted by Crippen LogP contribution is 2.28. The number of hydrogen-bond acceptors (Lipinski definition) is 2. The Labute approximate surface area is 111 Å². The summed E-state index contributed by atoms with van der Waals surface area (Å²) in [6, 6.07) is 6.55. The van der Waals surface area contributed by atoms with E-state index in [2.05, 4.69) is 44.3 Å². The quantitative estimate of drug-likeness (QED) is 0.879.